The van der Waals surface area contributed by atoms with Gasteiger partial charge in [0, 0.05) is 31.2 Å². The van der Waals surface area contributed by atoms with Crippen LogP contribution in [-0.2, 0) is 16.0 Å². The average Bonchev–Trinajstić information content (AvgIpc) is 3.13. The van der Waals surface area contributed by atoms with Crippen molar-refractivity contribution in [2.75, 3.05) is 0 Å². The Hall–Kier alpha value is -1.92. The van der Waals surface area contributed by atoms with Crippen molar-refractivity contribution in [1.82, 2.24) is 15.5 Å². The zero-order valence-corrected chi connectivity index (χ0v) is 12.9. The maximum absolute atomic E-state index is 11.8. The number of carbonyl (C=O) groups is 2. The summed E-state index contributed by atoms with van der Waals surface area (Å²) in [5.41, 5.74) is 0. The fraction of sp³-hybridized carbons (Fsp3) is 0.733. The Labute approximate surface area is 129 Å². The normalized spacial score (nSPS) is 16.6. The molecule has 0 bridgehead atoms. The molecule has 1 aliphatic carbocycles. The summed E-state index contributed by atoms with van der Waals surface area (Å²) in [6.45, 7) is 1.80. The van der Waals surface area contributed by atoms with Crippen LogP contribution < -0.4 is 5.32 Å². The van der Waals surface area contributed by atoms with E-state index in [9.17, 15) is 9.59 Å². The number of nitrogens with zero attached hydrogens (tertiary/aromatic N) is 2. The van der Waals surface area contributed by atoms with Crippen molar-refractivity contribution < 1.29 is 19.2 Å². The minimum atomic E-state index is -0.855. The van der Waals surface area contributed by atoms with Gasteiger partial charge in [0.05, 0.1) is 0 Å². The topological polar surface area (TPSA) is 105 Å². The number of aryl methyl sites for hydroxylation is 1. The highest BCUT2D eigenvalue weighted by Crippen LogP contribution is 2.32. The molecule has 122 valence electrons. The number of rotatable bonds is 8. The summed E-state index contributed by atoms with van der Waals surface area (Å²) in [4.78, 5) is 26.6. The van der Waals surface area contributed by atoms with Crippen LogP contribution >= 0.6 is 0 Å². The molecule has 1 fully saturated rings. The maximum Gasteiger partial charge on any atom is 0.303 e. The van der Waals surface area contributed by atoms with Gasteiger partial charge in [-0.15, -0.1) is 0 Å². The number of carbonyl (C=O) groups excluding carboxylic acids is 1. The van der Waals surface area contributed by atoms with E-state index in [4.69, 9.17) is 9.63 Å². The molecule has 0 saturated heterocycles. The fourth-order valence-electron chi connectivity index (χ4n) is 2.70. The maximum atomic E-state index is 11.8. The molecule has 1 unspecified atom stereocenters. The molecular formula is C15H23N3O4. The van der Waals surface area contributed by atoms with Crippen molar-refractivity contribution in [3.05, 3.63) is 11.7 Å². The van der Waals surface area contributed by atoms with Crippen molar-refractivity contribution >= 4 is 11.9 Å². The quantitative estimate of drug-likeness (QED) is 0.761. The molecule has 22 heavy (non-hydrogen) atoms. The summed E-state index contributed by atoms with van der Waals surface area (Å²) in [7, 11) is 0. The van der Waals surface area contributed by atoms with E-state index >= 15 is 0 Å². The smallest absolute Gasteiger partial charge is 0.303 e. The Bertz CT molecular complexity index is 509. The molecule has 2 rings (SSSR count). The third-order valence-electron chi connectivity index (χ3n) is 3.97. The number of aliphatic carboxylic acids is 1. The van der Waals surface area contributed by atoms with E-state index in [0.29, 0.717) is 24.7 Å². The van der Waals surface area contributed by atoms with Crippen LogP contribution in [0.2, 0.25) is 0 Å². The summed E-state index contributed by atoms with van der Waals surface area (Å²) in [5.74, 6) is 0.685. The second-order valence-electron chi connectivity index (χ2n) is 5.93. The predicted octanol–water partition coefficient (Wildman–Crippen LogP) is 2.03. The average molecular weight is 309 g/mol. The SMILES string of the molecule is CC(CCC(=O)O)NC(=O)CCc1nc(C2CCCC2)no1. The Morgan fingerprint density at radius 3 is 2.77 bits per heavy atom. The molecule has 1 aromatic heterocycles. The summed E-state index contributed by atoms with van der Waals surface area (Å²) in [6, 6.07) is -0.152. The molecule has 0 radical (unpaired) electrons. The minimum absolute atomic E-state index is 0.0514. The molecule has 2 N–H and O–H groups in total. The Kier molecular flexibility index (Phi) is 5.91. The largest absolute Gasteiger partial charge is 0.481 e. The zero-order valence-electron chi connectivity index (χ0n) is 12.9. The molecule has 7 heteroatoms. The highest BCUT2D eigenvalue weighted by atomic mass is 16.5. The predicted molar refractivity (Wildman–Crippen MR) is 78.3 cm³/mol. The van der Waals surface area contributed by atoms with Crippen LogP contribution in [-0.4, -0.2) is 33.2 Å². The summed E-state index contributed by atoms with van der Waals surface area (Å²) in [6.07, 6.45) is 5.81. The first-order valence-electron chi connectivity index (χ1n) is 7.88. The van der Waals surface area contributed by atoms with Crippen LogP contribution in [0.4, 0.5) is 0 Å². The summed E-state index contributed by atoms with van der Waals surface area (Å²) >= 11 is 0. The van der Waals surface area contributed by atoms with E-state index in [1.165, 1.54) is 12.8 Å². The van der Waals surface area contributed by atoms with Gasteiger partial charge in [0.15, 0.2) is 5.82 Å². The van der Waals surface area contributed by atoms with Gasteiger partial charge < -0.3 is 14.9 Å². The number of nitrogens with one attached hydrogen (secondary N) is 1. The molecule has 0 aromatic carbocycles. The molecular weight excluding hydrogens is 286 g/mol. The van der Waals surface area contributed by atoms with Gasteiger partial charge in [-0.25, -0.2) is 0 Å². The molecule has 1 saturated carbocycles. The van der Waals surface area contributed by atoms with E-state index in [1.54, 1.807) is 6.92 Å². The molecule has 1 atom stereocenters. The molecule has 0 aliphatic heterocycles. The van der Waals surface area contributed by atoms with E-state index in [-0.39, 0.29) is 24.8 Å². The second kappa shape index (κ2) is 7.91. The van der Waals surface area contributed by atoms with Crippen LogP contribution in [0.3, 0.4) is 0 Å². The number of amides is 1. The first-order chi connectivity index (χ1) is 10.5. The highest BCUT2D eigenvalue weighted by molar-refractivity contribution is 5.76. The Morgan fingerprint density at radius 1 is 1.36 bits per heavy atom. The lowest BCUT2D eigenvalue weighted by molar-refractivity contribution is -0.137. The van der Waals surface area contributed by atoms with Crippen molar-refractivity contribution in [1.29, 1.82) is 0 Å². The van der Waals surface area contributed by atoms with Gasteiger partial charge >= 0.3 is 5.97 Å². The van der Waals surface area contributed by atoms with Crippen LogP contribution in [0.15, 0.2) is 4.52 Å². The van der Waals surface area contributed by atoms with Crippen LogP contribution in [0, 0.1) is 0 Å². The molecule has 1 heterocycles. The third kappa shape index (κ3) is 5.13. The van der Waals surface area contributed by atoms with Gasteiger partial charge in [-0.05, 0) is 26.2 Å². The van der Waals surface area contributed by atoms with E-state index in [1.807, 2.05) is 0 Å². The van der Waals surface area contributed by atoms with E-state index in [2.05, 4.69) is 15.5 Å². The van der Waals surface area contributed by atoms with Gasteiger partial charge in [-0.1, -0.05) is 18.0 Å². The van der Waals surface area contributed by atoms with E-state index in [0.717, 1.165) is 18.7 Å². The number of hydrogen-bond donors (Lipinski definition) is 2. The van der Waals surface area contributed by atoms with Gasteiger partial charge in [0.2, 0.25) is 11.8 Å². The standard InChI is InChI=1S/C15H23N3O4/c1-10(6-9-14(20)21)16-12(19)7-8-13-17-15(18-22-13)11-4-2-3-5-11/h10-11H,2-9H2,1H3,(H,16,19)(H,20,21). The lowest BCUT2D eigenvalue weighted by Gasteiger charge is -2.11. The third-order valence-corrected chi connectivity index (χ3v) is 3.97. The number of carboxylic acid groups (broad SMARTS) is 1. The van der Waals surface area contributed by atoms with E-state index < -0.39 is 5.97 Å². The van der Waals surface area contributed by atoms with Crippen LogP contribution in [0.5, 0.6) is 0 Å². The fourth-order valence-corrected chi connectivity index (χ4v) is 2.70. The lowest BCUT2D eigenvalue weighted by Crippen LogP contribution is -2.33. The molecule has 1 amide bonds. The Balaban J connectivity index is 1.70. The van der Waals surface area contributed by atoms with Crippen LogP contribution in [0.1, 0.15) is 69.5 Å². The molecule has 7 nitrogen and oxygen atoms in total. The molecule has 1 aliphatic rings. The summed E-state index contributed by atoms with van der Waals surface area (Å²) in [5, 5.41) is 15.4. The number of aromatic nitrogens is 2. The van der Waals surface area contributed by atoms with Crippen LogP contribution in [0.25, 0.3) is 0 Å². The van der Waals surface area contributed by atoms with Gasteiger partial charge in [0.25, 0.3) is 0 Å². The lowest BCUT2D eigenvalue weighted by atomic mass is 10.1. The van der Waals surface area contributed by atoms with Gasteiger partial charge in [0.1, 0.15) is 0 Å². The zero-order chi connectivity index (χ0) is 15.9. The van der Waals surface area contributed by atoms with Gasteiger partial charge in [-0.3, -0.25) is 9.59 Å². The van der Waals surface area contributed by atoms with Crippen molar-refractivity contribution in [3.63, 3.8) is 0 Å². The van der Waals surface area contributed by atoms with Gasteiger partial charge in [-0.2, -0.15) is 4.98 Å². The molecule has 0 spiro atoms. The molecule has 1 aromatic rings. The highest BCUT2D eigenvalue weighted by Gasteiger charge is 2.22. The number of carboxylic acids is 1. The van der Waals surface area contributed by atoms with Crippen molar-refractivity contribution in [2.24, 2.45) is 0 Å². The first kappa shape index (κ1) is 16.5. The Morgan fingerprint density at radius 2 is 2.09 bits per heavy atom. The van der Waals surface area contributed by atoms with Crippen molar-refractivity contribution in [2.45, 2.75) is 70.3 Å². The second-order valence-corrected chi connectivity index (χ2v) is 5.93. The van der Waals surface area contributed by atoms with Crippen molar-refractivity contribution in [3.8, 4) is 0 Å². The monoisotopic (exact) mass is 309 g/mol. The minimum Gasteiger partial charge on any atom is -0.481 e. The number of hydrogen-bond acceptors (Lipinski definition) is 5. The summed E-state index contributed by atoms with van der Waals surface area (Å²) < 4.78 is 5.19. The first-order valence-corrected chi connectivity index (χ1v) is 7.88.